The van der Waals surface area contributed by atoms with E-state index in [-0.39, 0.29) is 15.8 Å². The van der Waals surface area contributed by atoms with Crippen LogP contribution in [-0.2, 0) is 10.0 Å². The van der Waals surface area contributed by atoms with Crippen LogP contribution in [0.5, 0.6) is 0 Å². The number of thioether (sulfide) groups is 1. The molecule has 114 valence electrons. The van der Waals surface area contributed by atoms with Crippen molar-refractivity contribution in [2.75, 3.05) is 11.5 Å². The van der Waals surface area contributed by atoms with Gasteiger partial charge < -0.3 is 5.11 Å². The lowest BCUT2D eigenvalue weighted by Gasteiger charge is -2.14. The van der Waals surface area contributed by atoms with Crippen LogP contribution in [0.15, 0.2) is 10.3 Å². The summed E-state index contributed by atoms with van der Waals surface area (Å²) in [4.78, 5) is 10.9. The van der Waals surface area contributed by atoms with Crippen LogP contribution in [0.2, 0.25) is 0 Å². The van der Waals surface area contributed by atoms with Gasteiger partial charge >= 0.3 is 5.97 Å². The Kier molecular flexibility index (Phi) is 6.50. The van der Waals surface area contributed by atoms with E-state index in [2.05, 4.69) is 4.72 Å². The smallest absolute Gasteiger partial charge is 0.347 e. The molecule has 0 spiro atoms. The third-order valence-corrected chi connectivity index (χ3v) is 6.56. The molecule has 8 heteroatoms. The van der Waals surface area contributed by atoms with Gasteiger partial charge in [0.05, 0.1) is 0 Å². The molecule has 5 nitrogen and oxygen atoms in total. The van der Waals surface area contributed by atoms with E-state index in [9.17, 15) is 13.2 Å². The highest BCUT2D eigenvalue weighted by Crippen LogP contribution is 2.27. The van der Waals surface area contributed by atoms with Gasteiger partial charge in [-0.15, -0.1) is 11.3 Å². The second-order valence-electron chi connectivity index (χ2n) is 4.39. The van der Waals surface area contributed by atoms with Gasteiger partial charge in [-0.1, -0.05) is 6.92 Å². The molecular formula is C12H19NO4S3. The molecule has 0 radical (unpaired) electrons. The minimum absolute atomic E-state index is 0.106. The molecule has 0 saturated carbocycles. The van der Waals surface area contributed by atoms with Crippen LogP contribution in [0, 0.1) is 6.92 Å². The molecular weight excluding hydrogens is 318 g/mol. The summed E-state index contributed by atoms with van der Waals surface area (Å²) in [7, 11) is -3.79. The third kappa shape index (κ3) is 4.47. The maximum atomic E-state index is 12.3. The Morgan fingerprint density at radius 3 is 2.75 bits per heavy atom. The molecule has 0 aromatic carbocycles. The highest BCUT2D eigenvalue weighted by atomic mass is 32.2. The van der Waals surface area contributed by atoms with E-state index < -0.39 is 16.0 Å². The van der Waals surface area contributed by atoms with Gasteiger partial charge in [0, 0.05) is 6.04 Å². The average molecular weight is 337 g/mol. The Bertz CT molecular complexity index is 565. The van der Waals surface area contributed by atoms with E-state index in [0.29, 0.717) is 12.0 Å². The molecule has 1 aromatic rings. The van der Waals surface area contributed by atoms with Crippen molar-refractivity contribution in [2.45, 2.75) is 38.1 Å². The molecule has 0 aliphatic rings. The number of carboxylic acids is 1. The van der Waals surface area contributed by atoms with Gasteiger partial charge in [-0.3, -0.25) is 0 Å². The van der Waals surface area contributed by atoms with Crippen molar-refractivity contribution in [1.29, 1.82) is 0 Å². The normalized spacial score (nSPS) is 13.3. The minimum Gasteiger partial charge on any atom is -0.477 e. The fraction of sp³-hybridized carbons (Fsp3) is 0.583. The van der Waals surface area contributed by atoms with Gasteiger partial charge in [0.15, 0.2) is 0 Å². The first kappa shape index (κ1) is 17.5. The van der Waals surface area contributed by atoms with E-state index in [4.69, 9.17) is 5.11 Å². The van der Waals surface area contributed by atoms with E-state index in [1.54, 1.807) is 31.0 Å². The number of nitrogens with one attached hydrogen (secondary N) is 1. The summed E-state index contributed by atoms with van der Waals surface area (Å²) >= 11 is 2.68. The van der Waals surface area contributed by atoms with Crippen molar-refractivity contribution in [1.82, 2.24) is 4.72 Å². The molecule has 0 bridgehead atoms. The van der Waals surface area contributed by atoms with Crippen molar-refractivity contribution >= 4 is 39.1 Å². The van der Waals surface area contributed by atoms with E-state index in [1.165, 1.54) is 0 Å². The number of carbonyl (C=O) groups is 1. The summed E-state index contributed by atoms with van der Waals surface area (Å²) in [5.74, 6) is 0.651. The molecule has 0 amide bonds. The van der Waals surface area contributed by atoms with Crippen LogP contribution in [0.3, 0.4) is 0 Å². The first-order valence-electron chi connectivity index (χ1n) is 6.21. The minimum atomic E-state index is -3.79. The van der Waals surface area contributed by atoms with Crippen LogP contribution < -0.4 is 4.72 Å². The number of sulfonamides is 1. The summed E-state index contributed by atoms with van der Waals surface area (Å²) in [5, 5.41) is 10.6. The summed E-state index contributed by atoms with van der Waals surface area (Å²) in [5.41, 5.74) is 0.468. The number of rotatable bonds is 8. The van der Waals surface area contributed by atoms with Crippen LogP contribution >= 0.6 is 23.1 Å². The lowest BCUT2D eigenvalue weighted by atomic mass is 10.3. The molecule has 20 heavy (non-hydrogen) atoms. The fourth-order valence-electron chi connectivity index (χ4n) is 1.70. The summed E-state index contributed by atoms with van der Waals surface area (Å²) in [6.07, 6.45) is 0.712. The number of aromatic carboxylic acids is 1. The predicted molar refractivity (Wildman–Crippen MR) is 83.4 cm³/mol. The second kappa shape index (κ2) is 7.44. The average Bonchev–Trinajstić information content (AvgIpc) is 2.71. The number of thiophene rings is 1. The highest BCUT2D eigenvalue weighted by molar-refractivity contribution is 7.99. The molecule has 1 unspecified atom stereocenters. The van der Waals surface area contributed by atoms with Crippen LogP contribution in [0.1, 0.15) is 35.5 Å². The maximum absolute atomic E-state index is 12.3. The van der Waals surface area contributed by atoms with Crippen LogP contribution in [0.4, 0.5) is 0 Å². The lowest BCUT2D eigenvalue weighted by molar-refractivity contribution is 0.0698. The summed E-state index contributed by atoms with van der Waals surface area (Å²) in [6.45, 7) is 5.44. The molecule has 0 saturated heterocycles. The van der Waals surface area contributed by atoms with Crippen molar-refractivity contribution in [3.63, 3.8) is 0 Å². The third-order valence-electron chi connectivity index (χ3n) is 2.64. The molecule has 0 aliphatic heterocycles. The van der Waals surface area contributed by atoms with Crippen molar-refractivity contribution in [3.05, 3.63) is 15.8 Å². The Morgan fingerprint density at radius 2 is 2.20 bits per heavy atom. The fourth-order valence-corrected chi connectivity index (χ4v) is 5.42. The molecule has 1 atom stereocenters. The maximum Gasteiger partial charge on any atom is 0.347 e. The Morgan fingerprint density at radius 1 is 1.55 bits per heavy atom. The van der Waals surface area contributed by atoms with Crippen molar-refractivity contribution in [3.8, 4) is 0 Å². The zero-order valence-electron chi connectivity index (χ0n) is 11.7. The van der Waals surface area contributed by atoms with Gasteiger partial charge in [0.1, 0.15) is 9.77 Å². The molecule has 0 aliphatic carbocycles. The number of hydrogen-bond donors (Lipinski definition) is 2. The van der Waals surface area contributed by atoms with Crippen LogP contribution in [0.25, 0.3) is 0 Å². The number of aryl methyl sites for hydroxylation is 1. The first-order chi connectivity index (χ1) is 9.29. The van der Waals surface area contributed by atoms with Crippen LogP contribution in [-0.4, -0.2) is 37.0 Å². The van der Waals surface area contributed by atoms with Gasteiger partial charge in [0.2, 0.25) is 10.0 Å². The van der Waals surface area contributed by atoms with Gasteiger partial charge in [-0.05, 0) is 42.7 Å². The van der Waals surface area contributed by atoms with E-state index in [1.807, 2.05) is 6.92 Å². The Hall–Kier alpha value is -0.570. The number of carboxylic acid groups (broad SMARTS) is 1. The standard InChI is InChI=1S/C12H19NO4S3/c1-4-18-6-5-9(3)13-20(16,17)11-8(2)7-19-10(11)12(14)15/h7,9,13H,4-6H2,1-3H3,(H,14,15). The van der Waals surface area contributed by atoms with Gasteiger partial charge in [0.25, 0.3) is 0 Å². The van der Waals surface area contributed by atoms with Gasteiger partial charge in [-0.2, -0.15) is 11.8 Å². The topological polar surface area (TPSA) is 83.5 Å². The predicted octanol–water partition coefficient (Wildman–Crippen LogP) is 2.56. The Labute approximate surface area is 127 Å². The second-order valence-corrected chi connectivity index (χ2v) is 8.31. The summed E-state index contributed by atoms with van der Waals surface area (Å²) in [6, 6.07) is -0.222. The number of hydrogen-bond acceptors (Lipinski definition) is 5. The zero-order chi connectivity index (χ0) is 15.3. The highest BCUT2D eigenvalue weighted by Gasteiger charge is 2.27. The van der Waals surface area contributed by atoms with Crippen molar-refractivity contribution < 1.29 is 18.3 Å². The first-order valence-corrected chi connectivity index (χ1v) is 9.72. The monoisotopic (exact) mass is 337 g/mol. The quantitative estimate of drug-likeness (QED) is 0.712. The Balaban J connectivity index is 2.89. The molecule has 2 N–H and O–H groups in total. The largest absolute Gasteiger partial charge is 0.477 e. The molecule has 1 heterocycles. The van der Waals surface area contributed by atoms with E-state index >= 15 is 0 Å². The lowest BCUT2D eigenvalue weighted by Crippen LogP contribution is -2.33. The molecule has 1 rings (SSSR count). The molecule has 1 aromatic heterocycles. The van der Waals surface area contributed by atoms with Crippen molar-refractivity contribution in [2.24, 2.45) is 0 Å². The van der Waals surface area contributed by atoms with Gasteiger partial charge in [-0.25, -0.2) is 17.9 Å². The molecule has 0 fully saturated rings. The summed E-state index contributed by atoms with van der Waals surface area (Å²) < 4.78 is 27.2. The van der Waals surface area contributed by atoms with E-state index in [0.717, 1.165) is 22.8 Å². The zero-order valence-corrected chi connectivity index (χ0v) is 14.1. The SMILES string of the molecule is CCSCCC(C)NS(=O)(=O)c1c(C)csc1C(=O)O.